The molecule has 0 radical (unpaired) electrons. The highest BCUT2D eigenvalue weighted by atomic mass is 35.5. The maximum absolute atomic E-state index is 9.14. The molecule has 0 bridgehead atoms. The molecule has 21 heavy (non-hydrogen) atoms. The summed E-state index contributed by atoms with van der Waals surface area (Å²) in [6.45, 7) is -0.0814. The fourth-order valence-electron chi connectivity index (χ4n) is 1.86. The van der Waals surface area contributed by atoms with Crippen molar-refractivity contribution < 1.29 is 14.6 Å². The lowest BCUT2D eigenvalue weighted by Gasteiger charge is -2.11. The first-order valence-corrected chi connectivity index (χ1v) is 6.41. The number of H-pyrrole nitrogens is 1. The topological polar surface area (TPSA) is 93.1 Å². The van der Waals surface area contributed by atoms with Gasteiger partial charge >= 0.3 is 0 Å². The maximum atomic E-state index is 9.14. The van der Waals surface area contributed by atoms with Gasteiger partial charge in [0.05, 0.1) is 19.9 Å². The van der Waals surface area contributed by atoms with Crippen molar-refractivity contribution in [3.05, 3.63) is 35.2 Å². The molecule has 8 heteroatoms. The first-order chi connectivity index (χ1) is 10.2. The zero-order valence-corrected chi connectivity index (χ0v) is 11.8. The van der Waals surface area contributed by atoms with E-state index in [9.17, 15) is 0 Å². The number of aliphatic hydroxyl groups is 1. The molecule has 2 aromatic heterocycles. The summed E-state index contributed by atoms with van der Waals surface area (Å²) in [5, 5.41) is 16.4. The quantitative estimate of drug-likeness (QED) is 0.718. The molecule has 0 atom stereocenters. The van der Waals surface area contributed by atoms with E-state index < -0.39 is 0 Å². The number of hydrogen-bond donors (Lipinski definition) is 2. The molecule has 2 N–H and O–H groups in total. The van der Waals surface area contributed by atoms with E-state index in [-0.39, 0.29) is 17.8 Å². The van der Waals surface area contributed by atoms with Crippen molar-refractivity contribution in [2.75, 3.05) is 7.11 Å². The van der Waals surface area contributed by atoms with Gasteiger partial charge < -0.3 is 14.6 Å². The highest BCUT2D eigenvalue weighted by molar-refractivity contribution is 6.28. The van der Waals surface area contributed by atoms with E-state index >= 15 is 0 Å². The summed E-state index contributed by atoms with van der Waals surface area (Å²) in [6, 6.07) is 5.10. The molecule has 0 amide bonds. The summed E-state index contributed by atoms with van der Waals surface area (Å²) < 4.78 is 11.0. The Morgan fingerprint density at radius 3 is 2.90 bits per heavy atom. The van der Waals surface area contributed by atoms with Gasteiger partial charge in [0.25, 0.3) is 0 Å². The van der Waals surface area contributed by atoms with Crippen molar-refractivity contribution in [3.63, 3.8) is 0 Å². The average molecular weight is 307 g/mol. The van der Waals surface area contributed by atoms with Crippen molar-refractivity contribution in [2.24, 2.45) is 0 Å². The molecular weight excluding hydrogens is 296 g/mol. The predicted molar refractivity (Wildman–Crippen MR) is 75.7 cm³/mol. The molecule has 3 aromatic rings. The highest BCUT2D eigenvalue weighted by Crippen LogP contribution is 2.34. The van der Waals surface area contributed by atoms with Gasteiger partial charge in [0.2, 0.25) is 11.2 Å². The minimum atomic E-state index is -0.0814. The number of aromatic nitrogens is 4. The first kappa shape index (κ1) is 13.6. The summed E-state index contributed by atoms with van der Waals surface area (Å²) in [7, 11) is 1.52. The lowest BCUT2D eigenvalue weighted by Crippen LogP contribution is -1.95. The average Bonchev–Trinajstić information content (AvgIpc) is 2.96. The van der Waals surface area contributed by atoms with Crippen LogP contribution in [0, 0.1) is 0 Å². The van der Waals surface area contributed by atoms with Crippen LogP contribution in [0.25, 0.3) is 11.0 Å². The summed E-state index contributed by atoms with van der Waals surface area (Å²) in [6.07, 6.45) is 1.55. The lowest BCUT2D eigenvalue weighted by molar-refractivity contribution is 0.280. The fourth-order valence-corrected chi connectivity index (χ4v) is 2.02. The number of nitrogens with zero attached hydrogens (tertiary/aromatic N) is 3. The minimum absolute atomic E-state index is 0.0488. The summed E-state index contributed by atoms with van der Waals surface area (Å²) in [5.74, 6) is 1.20. The van der Waals surface area contributed by atoms with Crippen LogP contribution in [0.15, 0.2) is 24.4 Å². The molecule has 0 aliphatic rings. The SMILES string of the molecule is COc1cc(CO)ccc1Oc1nc(Cl)nc2[nH]ncc12. The molecule has 7 nitrogen and oxygen atoms in total. The fraction of sp³-hybridized carbons (Fsp3) is 0.154. The van der Waals surface area contributed by atoms with Crippen molar-refractivity contribution in [2.45, 2.75) is 6.61 Å². The Balaban J connectivity index is 2.04. The zero-order chi connectivity index (χ0) is 14.8. The van der Waals surface area contributed by atoms with Crippen molar-refractivity contribution in [1.82, 2.24) is 20.2 Å². The summed E-state index contributed by atoms with van der Waals surface area (Å²) in [4.78, 5) is 8.05. The van der Waals surface area contributed by atoms with Gasteiger partial charge in [-0.05, 0) is 29.3 Å². The van der Waals surface area contributed by atoms with Gasteiger partial charge in [-0.2, -0.15) is 15.1 Å². The van der Waals surface area contributed by atoms with Crippen LogP contribution in [0.5, 0.6) is 17.4 Å². The smallest absolute Gasteiger partial charge is 0.234 e. The van der Waals surface area contributed by atoms with Crippen LogP contribution < -0.4 is 9.47 Å². The summed E-state index contributed by atoms with van der Waals surface area (Å²) in [5.41, 5.74) is 1.20. The number of ether oxygens (including phenoxy) is 2. The van der Waals surface area contributed by atoms with E-state index in [1.54, 1.807) is 24.4 Å². The molecule has 2 heterocycles. The predicted octanol–water partition coefficient (Wildman–Crippen LogP) is 2.30. The number of hydrogen-bond acceptors (Lipinski definition) is 6. The van der Waals surface area contributed by atoms with Crippen LogP contribution in [0.2, 0.25) is 5.28 Å². The second-order valence-corrected chi connectivity index (χ2v) is 4.51. The molecular formula is C13H11ClN4O3. The number of aromatic amines is 1. The van der Waals surface area contributed by atoms with Gasteiger partial charge in [-0.3, -0.25) is 5.10 Å². The Morgan fingerprint density at radius 2 is 2.14 bits per heavy atom. The standard InChI is InChI=1S/C13H11ClN4O3/c1-20-10-4-7(6-19)2-3-9(10)21-12-8-5-15-18-11(8)16-13(14)17-12/h2-5,19H,6H2,1H3,(H,15,16,17,18). The Labute approximate surface area is 124 Å². The third kappa shape index (κ3) is 2.61. The molecule has 0 fully saturated rings. The van der Waals surface area contributed by atoms with Crippen LogP contribution in [-0.2, 0) is 6.61 Å². The van der Waals surface area contributed by atoms with E-state index in [1.807, 2.05) is 0 Å². The van der Waals surface area contributed by atoms with Crippen LogP contribution in [0.4, 0.5) is 0 Å². The number of nitrogens with one attached hydrogen (secondary N) is 1. The van der Waals surface area contributed by atoms with Gasteiger partial charge in [-0.25, -0.2) is 0 Å². The van der Waals surface area contributed by atoms with Crippen molar-refractivity contribution in [3.8, 4) is 17.4 Å². The molecule has 0 unspecified atom stereocenters. The number of rotatable bonds is 4. The summed E-state index contributed by atoms with van der Waals surface area (Å²) >= 11 is 5.85. The van der Waals surface area contributed by atoms with E-state index in [1.165, 1.54) is 7.11 Å². The normalized spacial score (nSPS) is 10.8. The van der Waals surface area contributed by atoms with Gasteiger partial charge in [-0.15, -0.1) is 0 Å². The third-order valence-corrected chi connectivity index (χ3v) is 3.03. The molecule has 108 valence electrons. The van der Waals surface area contributed by atoms with Gasteiger partial charge in [0.1, 0.15) is 5.39 Å². The number of benzene rings is 1. The first-order valence-electron chi connectivity index (χ1n) is 6.03. The van der Waals surface area contributed by atoms with Crippen LogP contribution in [-0.4, -0.2) is 32.4 Å². The van der Waals surface area contributed by atoms with E-state index in [2.05, 4.69) is 20.2 Å². The maximum Gasteiger partial charge on any atom is 0.234 e. The molecule has 0 saturated heterocycles. The molecule has 1 aromatic carbocycles. The monoisotopic (exact) mass is 306 g/mol. The Kier molecular flexibility index (Phi) is 3.59. The third-order valence-electron chi connectivity index (χ3n) is 2.86. The minimum Gasteiger partial charge on any atom is -0.493 e. The Bertz CT molecular complexity index is 790. The Morgan fingerprint density at radius 1 is 1.29 bits per heavy atom. The molecule has 0 saturated carbocycles. The van der Waals surface area contributed by atoms with Crippen molar-refractivity contribution in [1.29, 1.82) is 0 Å². The molecule has 0 spiro atoms. The molecule has 0 aliphatic heterocycles. The van der Waals surface area contributed by atoms with Crippen LogP contribution >= 0.6 is 11.6 Å². The zero-order valence-electron chi connectivity index (χ0n) is 11.0. The lowest BCUT2D eigenvalue weighted by atomic mass is 10.2. The van der Waals surface area contributed by atoms with Crippen LogP contribution in [0.1, 0.15) is 5.56 Å². The van der Waals surface area contributed by atoms with Gasteiger partial charge in [0, 0.05) is 0 Å². The number of fused-ring (bicyclic) bond motifs is 1. The number of halogens is 1. The van der Waals surface area contributed by atoms with E-state index in [0.717, 1.165) is 0 Å². The number of methoxy groups -OCH3 is 1. The van der Waals surface area contributed by atoms with E-state index in [0.29, 0.717) is 28.1 Å². The second kappa shape index (κ2) is 5.55. The largest absolute Gasteiger partial charge is 0.493 e. The van der Waals surface area contributed by atoms with Crippen LogP contribution in [0.3, 0.4) is 0 Å². The molecule has 3 rings (SSSR count). The number of aliphatic hydroxyl groups excluding tert-OH is 1. The Hall–Kier alpha value is -2.38. The molecule has 0 aliphatic carbocycles. The van der Waals surface area contributed by atoms with Crippen molar-refractivity contribution >= 4 is 22.6 Å². The van der Waals surface area contributed by atoms with Gasteiger partial charge in [0.15, 0.2) is 17.1 Å². The van der Waals surface area contributed by atoms with E-state index in [4.69, 9.17) is 26.2 Å². The van der Waals surface area contributed by atoms with Gasteiger partial charge in [-0.1, -0.05) is 6.07 Å². The second-order valence-electron chi connectivity index (χ2n) is 4.18. The highest BCUT2D eigenvalue weighted by Gasteiger charge is 2.13.